The van der Waals surface area contributed by atoms with Gasteiger partial charge < -0.3 is 21.1 Å². The molecule has 0 aromatic heterocycles. The molecule has 0 saturated carbocycles. The summed E-state index contributed by atoms with van der Waals surface area (Å²) in [5.74, 6) is -0.374. The third-order valence-corrected chi connectivity index (χ3v) is 2.72. The summed E-state index contributed by atoms with van der Waals surface area (Å²) in [6.45, 7) is 2.76. The van der Waals surface area contributed by atoms with Crippen LogP contribution in [-0.4, -0.2) is 32.1 Å². The van der Waals surface area contributed by atoms with E-state index in [1.54, 1.807) is 32.2 Å². The Morgan fingerprint density at radius 3 is 2.75 bits per heavy atom. The molecule has 0 heterocycles. The van der Waals surface area contributed by atoms with Crippen molar-refractivity contribution in [2.24, 2.45) is 0 Å². The third-order valence-electron chi connectivity index (χ3n) is 2.72. The van der Waals surface area contributed by atoms with Gasteiger partial charge in [0.05, 0.1) is 18.0 Å². The highest BCUT2D eigenvalue weighted by atomic mass is 16.5. The Morgan fingerprint density at radius 1 is 1.35 bits per heavy atom. The van der Waals surface area contributed by atoms with E-state index in [1.807, 2.05) is 0 Å². The lowest BCUT2D eigenvalue weighted by molar-refractivity contribution is -0.143. The molecule has 0 bridgehead atoms. The molecule has 4 N–H and O–H groups in total. The fourth-order valence-corrected chi connectivity index (χ4v) is 1.68. The number of hydrogen-bond acceptors (Lipinski definition) is 5. The standard InChI is InChI=1S/C14H21N3O3/c1-3-20-13(18)5-4-8-17-12-9-10(14(19)16-2)6-7-11(12)15/h6-7,9,17H,3-5,8,15H2,1-2H3,(H,16,19). The van der Waals surface area contributed by atoms with E-state index >= 15 is 0 Å². The van der Waals surface area contributed by atoms with E-state index in [1.165, 1.54) is 0 Å². The average Bonchev–Trinajstić information content (AvgIpc) is 2.44. The Labute approximate surface area is 118 Å². The van der Waals surface area contributed by atoms with Gasteiger partial charge in [0.1, 0.15) is 0 Å². The average molecular weight is 279 g/mol. The summed E-state index contributed by atoms with van der Waals surface area (Å²) in [5, 5.41) is 5.67. The second kappa shape index (κ2) is 8.04. The molecule has 110 valence electrons. The molecule has 20 heavy (non-hydrogen) atoms. The molecule has 0 aliphatic heterocycles. The summed E-state index contributed by atoms with van der Waals surface area (Å²) in [6, 6.07) is 5.04. The van der Waals surface area contributed by atoms with Gasteiger partial charge >= 0.3 is 5.97 Å². The fourth-order valence-electron chi connectivity index (χ4n) is 1.68. The van der Waals surface area contributed by atoms with Crippen LogP contribution < -0.4 is 16.4 Å². The maximum absolute atomic E-state index is 11.5. The predicted molar refractivity (Wildman–Crippen MR) is 78.6 cm³/mol. The molecule has 6 heteroatoms. The number of nitrogens with two attached hydrogens (primary N) is 1. The van der Waals surface area contributed by atoms with Crippen molar-refractivity contribution in [3.05, 3.63) is 23.8 Å². The van der Waals surface area contributed by atoms with Crippen LogP contribution in [-0.2, 0) is 9.53 Å². The van der Waals surface area contributed by atoms with Crippen LogP contribution in [0.1, 0.15) is 30.1 Å². The number of benzene rings is 1. The molecule has 0 fully saturated rings. The molecular weight excluding hydrogens is 258 g/mol. The van der Waals surface area contributed by atoms with Crippen LogP contribution in [0, 0.1) is 0 Å². The minimum absolute atomic E-state index is 0.167. The number of esters is 1. The Hall–Kier alpha value is -2.24. The summed E-state index contributed by atoms with van der Waals surface area (Å²) in [5.41, 5.74) is 7.63. The SMILES string of the molecule is CCOC(=O)CCCNc1cc(C(=O)NC)ccc1N. The van der Waals surface area contributed by atoms with Crippen LogP contribution >= 0.6 is 0 Å². The smallest absolute Gasteiger partial charge is 0.305 e. The van der Waals surface area contributed by atoms with Crippen LogP contribution in [0.5, 0.6) is 0 Å². The lowest BCUT2D eigenvalue weighted by Crippen LogP contribution is -2.18. The molecule has 0 aliphatic rings. The van der Waals surface area contributed by atoms with Gasteiger partial charge in [0.25, 0.3) is 5.91 Å². The molecule has 6 nitrogen and oxygen atoms in total. The van der Waals surface area contributed by atoms with Gasteiger partial charge in [0, 0.05) is 25.6 Å². The number of carbonyl (C=O) groups excluding carboxylic acids is 2. The largest absolute Gasteiger partial charge is 0.466 e. The molecule has 1 aromatic rings. The number of anilines is 2. The van der Waals surface area contributed by atoms with Crippen LogP contribution in [0.25, 0.3) is 0 Å². The molecule has 0 saturated heterocycles. The van der Waals surface area contributed by atoms with E-state index in [2.05, 4.69) is 10.6 Å². The third kappa shape index (κ3) is 4.79. The zero-order valence-corrected chi connectivity index (χ0v) is 11.9. The molecule has 1 aromatic carbocycles. The van der Waals surface area contributed by atoms with Crippen LogP contribution in [0.2, 0.25) is 0 Å². The fraction of sp³-hybridized carbons (Fsp3) is 0.429. The predicted octanol–water partition coefficient (Wildman–Crippen LogP) is 1.38. The Bertz CT molecular complexity index is 475. The van der Waals surface area contributed by atoms with E-state index in [4.69, 9.17) is 10.5 Å². The normalized spacial score (nSPS) is 9.90. The first-order valence-corrected chi connectivity index (χ1v) is 6.59. The number of rotatable bonds is 7. The summed E-state index contributed by atoms with van der Waals surface area (Å²) in [4.78, 5) is 22.7. The summed E-state index contributed by atoms with van der Waals surface area (Å²) < 4.78 is 4.84. The quantitative estimate of drug-likeness (QED) is 0.398. The van der Waals surface area contributed by atoms with Gasteiger partial charge in [-0.3, -0.25) is 9.59 Å². The van der Waals surface area contributed by atoms with Gasteiger partial charge in [0.15, 0.2) is 0 Å². The second-order valence-corrected chi connectivity index (χ2v) is 4.22. The maximum Gasteiger partial charge on any atom is 0.305 e. The van der Waals surface area contributed by atoms with Crippen molar-refractivity contribution in [3.63, 3.8) is 0 Å². The Balaban J connectivity index is 2.51. The van der Waals surface area contributed by atoms with Crippen LogP contribution in [0.3, 0.4) is 0 Å². The van der Waals surface area contributed by atoms with Gasteiger partial charge in [-0.05, 0) is 31.5 Å². The first-order valence-electron chi connectivity index (χ1n) is 6.59. The van der Waals surface area contributed by atoms with Crippen molar-refractivity contribution in [3.8, 4) is 0 Å². The lowest BCUT2D eigenvalue weighted by Gasteiger charge is -2.10. The molecule has 0 spiro atoms. The van der Waals surface area contributed by atoms with E-state index in [-0.39, 0.29) is 11.9 Å². The number of nitrogen functional groups attached to an aromatic ring is 1. The highest BCUT2D eigenvalue weighted by Crippen LogP contribution is 2.20. The van der Waals surface area contributed by atoms with Crippen molar-refractivity contribution >= 4 is 23.3 Å². The number of ether oxygens (including phenoxy) is 1. The number of hydrogen-bond donors (Lipinski definition) is 3. The van der Waals surface area contributed by atoms with Crippen molar-refractivity contribution in [1.82, 2.24) is 5.32 Å². The van der Waals surface area contributed by atoms with E-state index < -0.39 is 0 Å². The molecule has 0 aliphatic carbocycles. The number of amides is 1. The van der Waals surface area contributed by atoms with Crippen molar-refractivity contribution in [1.29, 1.82) is 0 Å². The molecule has 0 unspecified atom stereocenters. The van der Waals surface area contributed by atoms with E-state index in [9.17, 15) is 9.59 Å². The van der Waals surface area contributed by atoms with E-state index in [0.717, 1.165) is 0 Å². The zero-order chi connectivity index (χ0) is 15.0. The highest BCUT2D eigenvalue weighted by Gasteiger charge is 2.07. The minimum Gasteiger partial charge on any atom is -0.466 e. The lowest BCUT2D eigenvalue weighted by atomic mass is 10.1. The maximum atomic E-state index is 11.5. The van der Waals surface area contributed by atoms with Crippen LogP contribution in [0.4, 0.5) is 11.4 Å². The number of carbonyl (C=O) groups is 2. The van der Waals surface area contributed by atoms with Gasteiger partial charge in [0.2, 0.25) is 0 Å². The van der Waals surface area contributed by atoms with Crippen molar-refractivity contribution in [2.75, 3.05) is 31.2 Å². The van der Waals surface area contributed by atoms with Crippen molar-refractivity contribution < 1.29 is 14.3 Å². The highest BCUT2D eigenvalue weighted by molar-refractivity contribution is 5.96. The molecule has 0 radical (unpaired) electrons. The first-order chi connectivity index (χ1) is 9.58. The molecular formula is C14H21N3O3. The minimum atomic E-state index is -0.207. The summed E-state index contributed by atoms with van der Waals surface area (Å²) in [7, 11) is 1.57. The van der Waals surface area contributed by atoms with Gasteiger partial charge in [-0.1, -0.05) is 0 Å². The zero-order valence-electron chi connectivity index (χ0n) is 11.9. The summed E-state index contributed by atoms with van der Waals surface area (Å²) >= 11 is 0. The second-order valence-electron chi connectivity index (χ2n) is 4.22. The van der Waals surface area contributed by atoms with Crippen LogP contribution in [0.15, 0.2) is 18.2 Å². The van der Waals surface area contributed by atoms with Crippen molar-refractivity contribution in [2.45, 2.75) is 19.8 Å². The first kappa shape index (κ1) is 15.8. The molecule has 1 rings (SSSR count). The Kier molecular flexibility index (Phi) is 6.36. The van der Waals surface area contributed by atoms with E-state index in [0.29, 0.717) is 42.9 Å². The topological polar surface area (TPSA) is 93.4 Å². The summed E-state index contributed by atoms with van der Waals surface area (Å²) in [6.07, 6.45) is 0.998. The Morgan fingerprint density at radius 2 is 2.10 bits per heavy atom. The van der Waals surface area contributed by atoms with Gasteiger partial charge in [-0.15, -0.1) is 0 Å². The monoisotopic (exact) mass is 279 g/mol. The molecule has 1 amide bonds. The molecule has 0 atom stereocenters. The number of nitrogens with one attached hydrogen (secondary N) is 2. The van der Waals surface area contributed by atoms with Gasteiger partial charge in [-0.25, -0.2) is 0 Å². The van der Waals surface area contributed by atoms with Gasteiger partial charge in [-0.2, -0.15) is 0 Å².